The number of nitrogens with one attached hydrogen (secondary N) is 1. The van der Waals surface area contributed by atoms with E-state index in [2.05, 4.69) is 36.2 Å². The maximum absolute atomic E-state index is 5.45. The van der Waals surface area contributed by atoms with E-state index in [-0.39, 0.29) is 0 Å². The third-order valence-electron chi connectivity index (χ3n) is 5.17. The van der Waals surface area contributed by atoms with Crippen molar-refractivity contribution in [3.63, 3.8) is 0 Å². The first-order chi connectivity index (χ1) is 9.72. The second-order valence-corrected chi connectivity index (χ2v) is 6.15. The van der Waals surface area contributed by atoms with Gasteiger partial charge >= 0.3 is 0 Å². The largest absolute Gasteiger partial charge is 0.496 e. The Bertz CT molecular complexity index is 484. The van der Waals surface area contributed by atoms with Crippen molar-refractivity contribution < 1.29 is 4.74 Å². The molecule has 0 spiro atoms. The SMILES string of the molecule is COc1ccc([C@H]2CCCC3CNCCN32)c(C)c1C. The summed E-state index contributed by atoms with van der Waals surface area (Å²) in [4.78, 5) is 2.73. The summed E-state index contributed by atoms with van der Waals surface area (Å²) >= 11 is 0. The Morgan fingerprint density at radius 3 is 2.85 bits per heavy atom. The molecule has 1 unspecified atom stereocenters. The van der Waals surface area contributed by atoms with Gasteiger partial charge in [0.05, 0.1) is 7.11 Å². The molecular weight excluding hydrogens is 248 g/mol. The molecule has 2 aliphatic rings. The number of methoxy groups -OCH3 is 1. The third kappa shape index (κ3) is 2.33. The third-order valence-corrected chi connectivity index (χ3v) is 5.17. The molecule has 3 nitrogen and oxygen atoms in total. The van der Waals surface area contributed by atoms with E-state index in [1.54, 1.807) is 7.11 Å². The second kappa shape index (κ2) is 5.74. The summed E-state index contributed by atoms with van der Waals surface area (Å²) in [6.07, 6.45) is 3.98. The van der Waals surface area contributed by atoms with Crippen LogP contribution >= 0.6 is 0 Å². The summed E-state index contributed by atoms with van der Waals surface area (Å²) in [5.41, 5.74) is 4.21. The molecule has 0 saturated carbocycles. The Labute approximate surface area is 122 Å². The van der Waals surface area contributed by atoms with Gasteiger partial charge < -0.3 is 10.1 Å². The lowest BCUT2D eigenvalue weighted by Gasteiger charge is -2.46. The van der Waals surface area contributed by atoms with Crippen molar-refractivity contribution in [1.29, 1.82) is 0 Å². The first-order valence-corrected chi connectivity index (χ1v) is 7.83. The molecule has 1 N–H and O–H groups in total. The molecule has 0 bridgehead atoms. The van der Waals surface area contributed by atoms with Gasteiger partial charge in [0, 0.05) is 31.7 Å². The van der Waals surface area contributed by atoms with E-state index in [9.17, 15) is 0 Å². The minimum absolute atomic E-state index is 0.598. The molecule has 2 aliphatic heterocycles. The van der Waals surface area contributed by atoms with Gasteiger partial charge in [0.1, 0.15) is 5.75 Å². The summed E-state index contributed by atoms with van der Waals surface area (Å²) in [5.74, 6) is 1.01. The summed E-state index contributed by atoms with van der Waals surface area (Å²) in [5, 5.41) is 3.54. The minimum Gasteiger partial charge on any atom is -0.496 e. The standard InChI is InChI=1S/C17H26N2O/c1-12-13(2)17(20-3)8-7-15(12)16-6-4-5-14-11-18-9-10-19(14)16/h7-8,14,16,18H,4-6,9-11H2,1-3H3/t14?,16-/m1/s1. The van der Waals surface area contributed by atoms with Crippen molar-refractivity contribution in [3.05, 3.63) is 28.8 Å². The zero-order valence-corrected chi connectivity index (χ0v) is 12.9. The lowest BCUT2D eigenvalue weighted by molar-refractivity contribution is 0.0615. The molecule has 20 heavy (non-hydrogen) atoms. The summed E-state index contributed by atoms with van der Waals surface area (Å²) in [7, 11) is 1.76. The molecule has 0 aliphatic carbocycles. The Hall–Kier alpha value is -1.06. The number of nitrogens with zero attached hydrogens (tertiary/aromatic N) is 1. The molecule has 0 aromatic heterocycles. The summed E-state index contributed by atoms with van der Waals surface area (Å²) in [6, 6.07) is 5.75. The maximum Gasteiger partial charge on any atom is 0.122 e. The van der Waals surface area contributed by atoms with Gasteiger partial charge in [-0.05, 0) is 55.9 Å². The van der Waals surface area contributed by atoms with Gasteiger partial charge in [-0.15, -0.1) is 0 Å². The number of fused-ring (bicyclic) bond motifs is 1. The molecule has 110 valence electrons. The Morgan fingerprint density at radius 2 is 2.05 bits per heavy atom. The van der Waals surface area contributed by atoms with Crippen LogP contribution in [0.3, 0.4) is 0 Å². The van der Waals surface area contributed by atoms with Gasteiger partial charge in [-0.1, -0.05) is 6.07 Å². The number of ether oxygens (including phenoxy) is 1. The van der Waals surface area contributed by atoms with Gasteiger partial charge in [-0.3, -0.25) is 4.90 Å². The van der Waals surface area contributed by atoms with E-state index >= 15 is 0 Å². The maximum atomic E-state index is 5.45. The lowest BCUT2D eigenvalue weighted by Crippen LogP contribution is -2.54. The van der Waals surface area contributed by atoms with Crippen LogP contribution in [-0.2, 0) is 0 Å². The van der Waals surface area contributed by atoms with Crippen LogP contribution < -0.4 is 10.1 Å². The summed E-state index contributed by atoms with van der Waals surface area (Å²) in [6.45, 7) is 7.89. The van der Waals surface area contributed by atoms with E-state index in [0.717, 1.165) is 24.9 Å². The van der Waals surface area contributed by atoms with Crippen LogP contribution in [0.5, 0.6) is 5.75 Å². The average Bonchev–Trinajstić information content (AvgIpc) is 2.50. The number of piperazine rings is 1. The van der Waals surface area contributed by atoms with Crippen LogP contribution in [-0.4, -0.2) is 37.7 Å². The van der Waals surface area contributed by atoms with Crippen molar-refractivity contribution in [3.8, 4) is 5.75 Å². The van der Waals surface area contributed by atoms with Crippen LogP contribution in [0.15, 0.2) is 12.1 Å². The predicted octanol–water partition coefficient (Wildman–Crippen LogP) is 2.81. The van der Waals surface area contributed by atoms with E-state index in [1.807, 2.05) is 0 Å². The molecule has 0 amide bonds. The van der Waals surface area contributed by atoms with Crippen molar-refractivity contribution >= 4 is 0 Å². The van der Waals surface area contributed by atoms with Crippen molar-refractivity contribution in [2.75, 3.05) is 26.7 Å². The highest BCUT2D eigenvalue weighted by atomic mass is 16.5. The van der Waals surface area contributed by atoms with Crippen LogP contribution in [0.4, 0.5) is 0 Å². The van der Waals surface area contributed by atoms with Gasteiger partial charge in [-0.2, -0.15) is 0 Å². The fraction of sp³-hybridized carbons (Fsp3) is 0.647. The molecule has 2 atom stereocenters. The quantitative estimate of drug-likeness (QED) is 0.897. The summed E-state index contributed by atoms with van der Waals surface area (Å²) < 4.78 is 5.45. The van der Waals surface area contributed by atoms with Crippen LogP contribution in [0, 0.1) is 13.8 Å². The van der Waals surface area contributed by atoms with Crippen LogP contribution in [0.2, 0.25) is 0 Å². The van der Waals surface area contributed by atoms with Gasteiger partial charge in [0.15, 0.2) is 0 Å². The average molecular weight is 274 g/mol. The molecule has 3 rings (SSSR count). The molecular formula is C17H26N2O. The first kappa shape index (κ1) is 13.9. The molecule has 1 aromatic rings. The molecule has 0 radical (unpaired) electrons. The van der Waals surface area contributed by atoms with Gasteiger partial charge in [-0.25, -0.2) is 0 Å². The molecule has 2 saturated heterocycles. The number of rotatable bonds is 2. The Kier molecular flexibility index (Phi) is 3.99. The van der Waals surface area contributed by atoms with Crippen LogP contribution in [0.1, 0.15) is 42.0 Å². The molecule has 3 heteroatoms. The normalized spacial score (nSPS) is 27.1. The number of benzene rings is 1. The Morgan fingerprint density at radius 1 is 1.20 bits per heavy atom. The topological polar surface area (TPSA) is 24.5 Å². The fourth-order valence-corrected chi connectivity index (χ4v) is 3.90. The van der Waals surface area contributed by atoms with E-state index in [4.69, 9.17) is 4.74 Å². The van der Waals surface area contributed by atoms with Gasteiger partial charge in [0.2, 0.25) is 0 Å². The van der Waals surface area contributed by atoms with E-state index in [1.165, 1.54) is 42.5 Å². The number of hydrogen-bond donors (Lipinski definition) is 1. The molecule has 2 heterocycles. The van der Waals surface area contributed by atoms with Crippen LogP contribution in [0.25, 0.3) is 0 Å². The van der Waals surface area contributed by atoms with E-state index in [0.29, 0.717) is 6.04 Å². The second-order valence-electron chi connectivity index (χ2n) is 6.15. The smallest absolute Gasteiger partial charge is 0.122 e. The van der Waals surface area contributed by atoms with Crippen molar-refractivity contribution in [1.82, 2.24) is 10.2 Å². The monoisotopic (exact) mass is 274 g/mol. The number of hydrogen-bond acceptors (Lipinski definition) is 3. The zero-order valence-electron chi connectivity index (χ0n) is 12.9. The predicted molar refractivity (Wildman–Crippen MR) is 82.4 cm³/mol. The Balaban J connectivity index is 1.93. The molecule has 2 fully saturated rings. The molecule has 1 aromatic carbocycles. The van der Waals surface area contributed by atoms with E-state index < -0.39 is 0 Å². The van der Waals surface area contributed by atoms with Crippen molar-refractivity contribution in [2.24, 2.45) is 0 Å². The minimum atomic E-state index is 0.598. The zero-order chi connectivity index (χ0) is 14.1. The fourth-order valence-electron chi connectivity index (χ4n) is 3.90. The first-order valence-electron chi connectivity index (χ1n) is 7.83. The van der Waals surface area contributed by atoms with Gasteiger partial charge in [0.25, 0.3) is 0 Å². The highest BCUT2D eigenvalue weighted by Gasteiger charge is 2.33. The van der Waals surface area contributed by atoms with Crippen molar-refractivity contribution in [2.45, 2.75) is 45.2 Å². The highest BCUT2D eigenvalue weighted by molar-refractivity contribution is 5.45. The highest BCUT2D eigenvalue weighted by Crippen LogP contribution is 2.38. The number of piperidine rings is 1. The lowest BCUT2D eigenvalue weighted by atomic mass is 9.86.